The van der Waals surface area contributed by atoms with Crippen LogP contribution in [0.25, 0.3) is 10.4 Å². The van der Waals surface area contributed by atoms with Gasteiger partial charge in [0.1, 0.15) is 11.4 Å². The van der Waals surface area contributed by atoms with Gasteiger partial charge in [-0.25, -0.2) is 9.18 Å². The van der Waals surface area contributed by atoms with Crippen molar-refractivity contribution in [1.82, 2.24) is 5.32 Å². The van der Waals surface area contributed by atoms with Crippen LogP contribution in [0.3, 0.4) is 0 Å². The first-order valence-electron chi connectivity index (χ1n) is 6.25. The molecule has 0 saturated heterocycles. The topological polar surface area (TPSA) is 87.1 Å². The highest BCUT2D eigenvalue weighted by Gasteiger charge is 2.36. The Morgan fingerprint density at radius 3 is 2.90 bits per heavy atom. The number of azide groups is 1. The monoisotopic (exact) mass is 358 g/mol. The number of carbonyl (C=O) groups is 1. The van der Waals surface area contributed by atoms with E-state index in [2.05, 4.69) is 31.3 Å². The van der Waals surface area contributed by atoms with E-state index in [1.54, 1.807) is 6.92 Å². The van der Waals surface area contributed by atoms with E-state index in [1.807, 2.05) is 0 Å². The molecule has 6 nitrogen and oxygen atoms in total. The normalized spacial score (nSPS) is 13.1. The molecule has 0 amide bonds. The summed E-state index contributed by atoms with van der Waals surface area (Å²) in [5.74, 6) is -0.890. The second-order valence-corrected chi connectivity index (χ2v) is 5.33. The van der Waals surface area contributed by atoms with Gasteiger partial charge >= 0.3 is 5.97 Å². The highest BCUT2D eigenvalue weighted by Crippen LogP contribution is 2.27. The number of carbonyl (C=O) groups excluding carboxylic acids is 1. The summed E-state index contributed by atoms with van der Waals surface area (Å²) in [6, 6.07) is 4.34. The Hall–Kier alpha value is -1.63. The lowest BCUT2D eigenvalue weighted by molar-refractivity contribution is -0.148. The molecule has 1 unspecified atom stereocenters. The lowest BCUT2D eigenvalue weighted by Crippen LogP contribution is -2.48. The molecule has 114 valence electrons. The standard InChI is InChI=1S/C13H16BrFN4O2/c1-13(12(20)21-2,17-6-3-7-18-19-16)9-4-5-11(15)10(14)8-9/h4-5,8,17H,3,6-7H2,1-2H3. The summed E-state index contributed by atoms with van der Waals surface area (Å²) in [5, 5.41) is 6.49. The first-order chi connectivity index (χ1) is 9.95. The van der Waals surface area contributed by atoms with E-state index >= 15 is 0 Å². The van der Waals surface area contributed by atoms with Gasteiger partial charge in [0.05, 0.1) is 11.6 Å². The number of nitrogens with one attached hydrogen (secondary N) is 1. The van der Waals surface area contributed by atoms with E-state index < -0.39 is 17.3 Å². The first-order valence-corrected chi connectivity index (χ1v) is 7.05. The van der Waals surface area contributed by atoms with Gasteiger partial charge in [-0.1, -0.05) is 11.2 Å². The average Bonchev–Trinajstić information content (AvgIpc) is 2.48. The van der Waals surface area contributed by atoms with Gasteiger partial charge in [-0.15, -0.1) is 0 Å². The van der Waals surface area contributed by atoms with Gasteiger partial charge in [0, 0.05) is 11.5 Å². The van der Waals surface area contributed by atoms with Gasteiger partial charge in [-0.3, -0.25) is 5.32 Å². The van der Waals surface area contributed by atoms with E-state index in [0.29, 0.717) is 25.1 Å². The predicted molar refractivity (Wildman–Crippen MR) is 80.1 cm³/mol. The van der Waals surface area contributed by atoms with E-state index in [9.17, 15) is 9.18 Å². The van der Waals surface area contributed by atoms with Crippen LogP contribution in [0.15, 0.2) is 27.8 Å². The third kappa shape index (κ3) is 4.42. The molecule has 8 heteroatoms. The van der Waals surface area contributed by atoms with Crippen molar-refractivity contribution in [3.63, 3.8) is 0 Å². The molecule has 1 aromatic carbocycles. The molecular weight excluding hydrogens is 343 g/mol. The quantitative estimate of drug-likeness (QED) is 0.266. The van der Waals surface area contributed by atoms with Gasteiger partial charge in [0.2, 0.25) is 0 Å². The van der Waals surface area contributed by atoms with Crippen LogP contribution in [0.5, 0.6) is 0 Å². The summed E-state index contributed by atoms with van der Waals surface area (Å²) in [5.41, 5.74) is 7.67. The lowest BCUT2D eigenvalue weighted by atomic mass is 9.92. The molecule has 21 heavy (non-hydrogen) atoms. The molecule has 0 saturated carbocycles. The van der Waals surface area contributed by atoms with Gasteiger partial charge in [0.15, 0.2) is 0 Å². The Morgan fingerprint density at radius 1 is 1.62 bits per heavy atom. The zero-order chi connectivity index (χ0) is 15.9. The molecule has 0 aliphatic heterocycles. The summed E-state index contributed by atoms with van der Waals surface area (Å²) in [6.45, 7) is 2.43. The van der Waals surface area contributed by atoms with Crippen LogP contribution in [0, 0.1) is 5.82 Å². The molecule has 0 heterocycles. The maximum absolute atomic E-state index is 13.3. The number of benzene rings is 1. The van der Waals surface area contributed by atoms with Crippen LogP contribution in [-0.4, -0.2) is 26.2 Å². The average molecular weight is 359 g/mol. The summed E-state index contributed by atoms with van der Waals surface area (Å²) >= 11 is 3.10. The molecule has 0 bridgehead atoms. The fourth-order valence-electron chi connectivity index (χ4n) is 1.84. The lowest BCUT2D eigenvalue weighted by Gasteiger charge is -2.28. The number of ether oxygens (including phenoxy) is 1. The number of hydrogen-bond acceptors (Lipinski definition) is 4. The van der Waals surface area contributed by atoms with E-state index in [1.165, 1.54) is 25.3 Å². The van der Waals surface area contributed by atoms with Crippen molar-refractivity contribution >= 4 is 21.9 Å². The van der Waals surface area contributed by atoms with Crippen LogP contribution in [0.2, 0.25) is 0 Å². The molecule has 1 N–H and O–H groups in total. The molecule has 1 atom stereocenters. The largest absolute Gasteiger partial charge is 0.467 e. The Labute approximate surface area is 130 Å². The molecule has 0 aliphatic rings. The highest BCUT2D eigenvalue weighted by atomic mass is 79.9. The number of rotatable bonds is 7. The second kappa shape index (κ2) is 7.97. The molecule has 1 aromatic rings. The third-order valence-corrected chi connectivity index (χ3v) is 3.67. The fourth-order valence-corrected chi connectivity index (χ4v) is 2.22. The van der Waals surface area contributed by atoms with Crippen molar-refractivity contribution in [2.75, 3.05) is 20.2 Å². The minimum Gasteiger partial charge on any atom is -0.467 e. The van der Waals surface area contributed by atoms with Crippen molar-refractivity contribution in [3.05, 3.63) is 44.5 Å². The van der Waals surface area contributed by atoms with Crippen LogP contribution in [-0.2, 0) is 15.1 Å². The zero-order valence-corrected chi connectivity index (χ0v) is 13.4. The number of esters is 1. The molecule has 0 radical (unpaired) electrons. The summed E-state index contributed by atoms with van der Waals surface area (Å²) in [7, 11) is 1.29. The van der Waals surface area contributed by atoms with Crippen LogP contribution in [0.4, 0.5) is 4.39 Å². The van der Waals surface area contributed by atoms with E-state index in [0.717, 1.165) is 0 Å². The van der Waals surface area contributed by atoms with Crippen molar-refractivity contribution in [1.29, 1.82) is 0 Å². The Morgan fingerprint density at radius 2 is 2.33 bits per heavy atom. The maximum atomic E-state index is 13.3. The van der Waals surface area contributed by atoms with Gasteiger partial charge in [-0.05, 0) is 59.0 Å². The second-order valence-electron chi connectivity index (χ2n) is 4.48. The number of halogens is 2. The zero-order valence-electron chi connectivity index (χ0n) is 11.8. The smallest absolute Gasteiger partial charge is 0.330 e. The van der Waals surface area contributed by atoms with Gasteiger partial charge < -0.3 is 4.74 Å². The van der Waals surface area contributed by atoms with Gasteiger partial charge in [-0.2, -0.15) is 0 Å². The predicted octanol–water partition coefficient (Wildman–Crippen LogP) is 3.27. The van der Waals surface area contributed by atoms with Gasteiger partial charge in [0.25, 0.3) is 0 Å². The van der Waals surface area contributed by atoms with Crippen LogP contribution < -0.4 is 5.32 Å². The first kappa shape index (κ1) is 17.4. The Bertz CT molecular complexity index is 563. The number of hydrogen-bond donors (Lipinski definition) is 1. The van der Waals surface area contributed by atoms with Crippen molar-refractivity contribution in [3.8, 4) is 0 Å². The minimum atomic E-state index is -1.11. The molecule has 0 aromatic heterocycles. The minimum absolute atomic E-state index is 0.269. The summed E-state index contributed by atoms with van der Waals surface area (Å²) in [4.78, 5) is 14.7. The summed E-state index contributed by atoms with van der Waals surface area (Å²) in [6.07, 6.45) is 0.568. The Balaban J connectivity index is 2.94. The van der Waals surface area contributed by atoms with Crippen LogP contribution in [0.1, 0.15) is 18.9 Å². The SMILES string of the molecule is COC(=O)C(C)(NCCCN=[N+]=[N-])c1ccc(F)c(Br)c1. The van der Waals surface area contributed by atoms with Crippen LogP contribution >= 0.6 is 15.9 Å². The molecular formula is C13H16BrFN4O2. The summed E-state index contributed by atoms with van der Waals surface area (Å²) < 4.78 is 18.4. The number of methoxy groups -OCH3 is 1. The molecule has 1 rings (SSSR count). The van der Waals surface area contributed by atoms with E-state index in [4.69, 9.17) is 10.3 Å². The Kier molecular flexibility index (Phi) is 6.61. The third-order valence-electron chi connectivity index (χ3n) is 3.07. The van der Waals surface area contributed by atoms with Crippen molar-refractivity contribution in [2.24, 2.45) is 5.11 Å². The molecule has 0 aliphatic carbocycles. The van der Waals surface area contributed by atoms with E-state index in [-0.39, 0.29) is 4.47 Å². The van der Waals surface area contributed by atoms with Crippen molar-refractivity contribution in [2.45, 2.75) is 18.9 Å². The molecule has 0 spiro atoms. The fraction of sp³-hybridized carbons (Fsp3) is 0.462. The highest BCUT2D eigenvalue weighted by molar-refractivity contribution is 9.10. The molecule has 0 fully saturated rings. The maximum Gasteiger partial charge on any atom is 0.330 e. The van der Waals surface area contributed by atoms with Crippen molar-refractivity contribution < 1.29 is 13.9 Å². The number of nitrogens with zero attached hydrogens (tertiary/aromatic N) is 3.